The summed E-state index contributed by atoms with van der Waals surface area (Å²) in [6, 6.07) is 2.96. The molecule has 0 radical (unpaired) electrons. The van der Waals surface area contributed by atoms with Crippen LogP contribution in [0.3, 0.4) is 0 Å². The van der Waals surface area contributed by atoms with E-state index in [0.29, 0.717) is 35.0 Å². The number of aliphatic hydroxyl groups excluding tert-OH is 1. The zero-order valence-corrected chi connectivity index (χ0v) is 24.9. The smallest absolute Gasteiger partial charge is 0.336 e. The zero-order valence-electron chi connectivity index (χ0n) is 24.9. The van der Waals surface area contributed by atoms with Gasteiger partial charge in [-0.2, -0.15) is 0 Å². The molecular weight excluding hydrogens is 504 g/mol. The number of allylic oxidation sites excluding steroid dienone is 3. The molecule has 218 valence electrons. The Balaban J connectivity index is 1.63. The summed E-state index contributed by atoms with van der Waals surface area (Å²) in [6.45, 7) is 13.9. The number of aliphatic hydroxyl groups is 1. The number of aromatic carboxylic acids is 1. The van der Waals surface area contributed by atoms with Crippen LogP contribution in [0.2, 0.25) is 0 Å². The maximum atomic E-state index is 11.7. The second-order valence-corrected chi connectivity index (χ2v) is 11.5. The average Bonchev–Trinajstić information content (AvgIpc) is 2.93. The van der Waals surface area contributed by atoms with Gasteiger partial charge in [-0.25, -0.2) is 4.79 Å². The molecule has 0 aromatic heterocycles. The van der Waals surface area contributed by atoms with Gasteiger partial charge >= 0.3 is 5.97 Å². The van der Waals surface area contributed by atoms with Gasteiger partial charge in [-0.1, -0.05) is 70.6 Å². The van der Waals surface area contributed by atoms with Crippen molar-refractivity contribution in [3.05, 3.63) is 83.0 Å². The number of carboxylic acids is 1. The number of carbonyl (C=O) groups is 1. The molecule has 0 amide bonds. The number of phenols is 1. The SMILES string of the molecule is CC[C@H](C)[C@H]1O[C@@]2(C=CC[C@@H](C/C=C(\C)[C@@H](O)[C@@H](C)/C=C/C=C(\C)c3cc(O)c(C)cc3C(=O)O)O2)C=C[C@@H]1C. The Labute approximate surface area is 239 Å². The van der Waals surface area contributed by atoms with Gasteiger partial charge in [-0.3, -0.25) is 0 Å². The first-order chi connectivity index (χ1) is 18.9. The minimum absolute atomic E-state index is 0.0476. The lowest BCUT2D eigenvalue weighted by Crippen LogP contribution is -2.47. The van der Waals surface area contributed by atoms with E-state index >= 15 is 0 Å². The van der Waals surface area contributed by atoms with Gasteiger partial charge in [0.1, 0.15) is 5.75 Å². The van der Waals surface area contributed by atoms with Crippen LogP contribution in [-0.4, -0.2) is 45.4 Å². The molecule has 0 unspecified atom stereocenters. The molecule has 0 saturated carbocycles. The largest absolute Gasteiger partial charge is 0.508 e. The van der Waals surface area contributed by atoms with Crippen molar-refractivity contribution in [2.24, 2.45) is 17.8 Å². The third-order valence-electron chi connectivity index (χ3n) is 8.19. The molecule has 2 aliphatic heterocycles. The minimum Gasteiger partial charge on any atom is -0.508 e. The standard InChI is InChI=1S/C34H46O6/c1-8-21(2)32-25(6)16-18-34(40-32)17-10-13-27(39-34)15-14-24(5)31(36)23(4)12-9-11-22(3)28-20-30(35)26(7)19-29(28)33(37)38/h9-12,14,16-21,23,25,27,31-32,35-36H,8,13,15H2,1-7H3,(H,37,38)/b12-9+,22-11+,24-14+/t21-,23-,25-,27-,31-,32+,34-/m0/s1. The summed E-state index contributed by atoms with van der Waals surface area (Å²) in [7, 11) is 0. The lowest BCUT2D eigenvalue weighted by atomic mass is 9.88. The fourth-order valence-electron chi connectivity index (χ4n) is 5.28. The summed E-state index contributed by atoms with van der Waals surface area (Å²) in [5.41, 5.74) is 2.70. The second kappa shape index (κ2) is 13.6. The third kappa shape index (κ3) is 7.62. The van der Waals surface area contributed by atoms with Gasteiger partial charge in [-0.15, -0.1) is 0 Å². The van der Waals surface area contributed by atoms with E-state index in [2.05, 4.69) is 32.9 Å². The Bertz CT molecular complexity index is 1210. The van der Waals surface area contributed by atoms with Crippen molar-refractivity contribution in [3.8, 4) is 5.75 Å². The predicted octanol–water partition coefficient (Wildman–Crippen LogP) is 7.37. The van der Waals surface area contributed by atoms with E-state index in [4.69, 9.17) is 9.47 Å². The van der Waals surface area contributed by atoms with E-state index in [1.54, 1.807) is 19.9 Å². The van der Waals surface area contributed by atoms with Crippen LogP contribution in [0, 0.1) is 24.7 Å². The van der Waals surface area contributed by atoms with Gasteiger partial charge in [0.05, 0.1) is 23.9 Å². The normalized spacial score (nSPS) is 27.8. The highest BCUT2D eigenvalue weighted by molar-refractivity contribution is 5.94. The van der Waals surface area contributed by atoms with Crippen LogP contribution in [0.25, 0.3) is 5.57 Å². The van der Waals surface area contributed by atoms with Crippen LogP contribution in [0.1, 0.15) is 82.3 Å². The van der Waals surface area contributed by atoms with Crippen LogP contribution in [0.4, 0.5) is 0 Å². The molecule has 6 heteroatoms. The minimum atomic E-state index is -1.04. The number of hydrogen-bond donors (Lipinski definition) is 3. The van der Waals surface area contributed by atoms with Gasteiger partial charge in [0.2, 0.25) is 5.79 Å². The fraction of sp³-hybridized carbons (Fsp3) is 0.500. The molecule has 2 heterocycles. The van der Waals surface area contributed by atoms with Crippen LogP contribution in [-0.2, 0) is 9.47 Å². The first kappa shape index (κ1) is 31.6. The summed E-state index contributed by atoms with van der Waals surface area (Å²) in [4.78, 5) is 11.7. The number of rotatable bonds is 10. The molecule has 1 aromatic carbocycles. The van der Waals surface area contributed by atoms with E-state index in [0.717, 1.165) is 18.4 Å². The Hall–Kier alpha value is -2.93. The summed E-state index contributed by atoms with van der Waals surface area (Å²) in [6.07, 6.45) is 17.8. The molecule has 1 spiro atoms. The highest BCUT2D eigenvalue weighted by Gasteiger charge is 2.40. The van der Waals surface area contributed by atoms with Gasteiger partial charge in [0, 0.05) is 11.8 Å². The highest BCUT2D eigenvalue weighted by atomic mass is 16.7. The predicted molar refractivity (Wildman–Crippen MR) is 160 cm³/mol. The molecule has 0 fully saturated rings. The molecule has 0 saturated heterocycles. The monoisotopic (exact) mass is 550 g/mol. The highest BCUT2D eigenvalue weighted by Crippen LogP contribution is 2.37. The summed E-state index contributed by atoms with van der Waals surface area (Å²) >= 11 is 0. The first-order valence-electron chi connectivity index (χ1n) is 14.4. The molecule has 1 aromatic rings. The number of phenolic OH excluding ortho intramolecular Hbond substituents is 1. The number of benzene rings is 1. The van der Waals surface area contributed by atoms with Gasteiger partial charge < -0.3 is 24.8 Å². The average molecular weight is 551 g/mol. The molecular formula is C34H46O6. The van der Waals surface area contributed by atoms with Crippen molar-refractivity contribution in [2.45, 2.75) is 91.8 Å². The molecule has 6 nitrogen and oxygen atoms in total. The molecule has 2 aliphatic rings. The molecule has 40 heavy (non-hydrogen) atoms. The van der Waals surface area contributed by atoms with Crippen LogP contribution >= 0.6 is 0 Å². The second-order valence-electron chi connectivity index (χ2n) is 11.5. The third-order valence-corrected chi connectivity index (χ3v) is 8.19. The number of carboxylic acid groups (broad SMARTS) is 1. The molecule has 3 N–H and O–H groups in total. The van der Waals surface area contributed by atoms with Crippen LogP contribution in [0.15, 0.2) is 66.3 Å². The van der Waals surface area contributed by atoms with Gasteiger partial charge in [0.25, 0.3) is 0 Å². The Kier molecular flexibility index (Phi) is 10.8. The van der Waals surface area contributed by atoms with Crippen molar-refractivity contribution in [3.63, 3.8) is 0 Å². The molecule has 3 rings (SSSR count). The van der Waals surface area contributed by atoms with Crippen molar-refractivity contribution in [1.29, 1.82) is 0 Å². The van der Waals surface area contributed by atoms with E-state index in [1.807, 2.05) is 44.2 Å². The number of aryl methyl sites for hydroxylation is 1. The topological polar surface area (TPSA) is 96.2 Å². The van der Waals surface area contributed by atoms with Gasteiger partial charge in [-0.05, 0) is 86.1 Å². The van der Waals surface area contributed by atoms with Crippen LogP contribution < -0.4 is 0 Å². The lowest BCUT2D eigenvalue weighted by molar-refractivity contribution is -0.245. The summed E-state index contributed by atoms with van der Waals surface area (Å²) in [5, 5.41) is 30.6. The van der Waals surface area contributed by atoms with Crippen molar-refractivity contribution in [2.75, 3.05) is 0 Å². The Morgan fingerprint density at radius 3 is 2.58 bits per heavy atom. The lowest BCUT2D eigenvalue weighted by Gasteiger charge is -2.43. The molecule has 0 aliphatic carbocycles. The van der Waals surface area contributed by atoms with Crippen LogP contribution in [0.5, 0.6) is 5.75 Å². The number of ether oxygens (including phenoxy) is 2. The molecule has 7 atom stereocenters. The van der Waals surface area contributed by atoms with Crippen molar-refractivity contribution < 1.29 is 29.6 Å². The summed E-state index contributed by atoms with van der Waals surface area (Å²) in [5.74, 6) is -1.20. The Morgan fingerprint density at radius 2 is 1.90 bits per heavy atom. The van der Waals surface area contributed by atoms with Crippen molar-refractivity contribution in [1.82, 2.24) is 0 Å². The maximum absolute atomic E-state index is 11.7. The van der Waals surface area contributed by atoms with E-state index in [-0.39, 0.29) is 29.4 Å². The summed E-state index contributed by atoms with van der Waals surface area (Å²) < 4.78 is 13.0. The van der Waals surface area contributed by atoms with Crippen molar-refractivity contribution >= 4 is 11.5 Å². The number of hydrogen-bond acceptors (Lipinski definition) is 5. The zero-order chi connectivity index (χ0) is 29.6. The van der Waals surface area contributed by atoms with E-state index in [1.165, 1.54) is 12.1 Å². The number of aromatic hydroxyl groups is 1. The van der Waals surface area contributed by atoms with Gasteiger partial charge in [0.15, 0.2) is 0 Å². The quantitative estimate of drug-likeness (QED) is 0.208. The molecule has 0 bridgehead atoms. The fourth-order valence-corrected chi connectivity index (χ4v) is 5.28. The Morgan fingerprint density at radius 1 is 1.18 bits per heavy atom. The van der Waals surface area contributed by atoms with E-state index in [9.17, 15) is 20.1 Å². The first-order valence-corrected chi connectivity index (χ1v) is 14.4. The van der Waals surface area contributed by atoms with E-state index < -0.39 is 17.9 Å². The maximum Gasteiger partial charge on any atom is 0.336 e.